The molecule has 0 bridgehead atoms. The van der Waals surface area contributed by atoms with Gasteiger partial charge in [-0.05, 0) is 64.2 Å². The first kappa shape index (κ1) is 47.3. The first-order valence-electron chi connectivity index (χ1n) is 20.5. The molecule has 0 saturated heterocycles. The van der Waals surface area contributed by atoms with Gasteiger partial charge in [-0.2, -0.15) is 0 Å². The Morgan fingerprint density at radius 1 is 0.480 bits per heavy atom. The maximum Gasteiger partial charge on any atom is 0.309 e. The maximum atomic E-state index is 12.6. The highest BCUT2D eigenvalue weighted by Gasteiger charge is 2.17. The highest BCUT2D eigenvalue weighted by atomic mass is 16.6. The van der Waals surface area contributed by atoms with E-state index in [0.29, 0.717) is 13.0 Å². The fourth-order valence-electron chi connectivity index (χ4n) is 5.21. The Morgan fingerprint density at radius 3 is 1.58 bits per heavy atom. The van der Waals surface area contributed by atoms with Crippen LogP contribution in [0.2, 0.25) is 0 Å². The summed E-state index contributed by atoms with van der Waals surface area (Å²) in [5.41, 5.74) is 0. The van der Waals surface area contributed by atoms with E-state index in [1.807, 2.05) is 12.2 Å². The summed E-state index contributed by atoms with van der Waals surface area (Å²) >= 11 is 0. The van der Waals surface area contributed by atoms with E-state index in [9.17, 15) is 9.59 Å². The van der Waals surface area contributed by atoms with Gasteiger partial charge in [0.25, 0.3) is 0 Å². The van der Waals surface area contributed by atoms with Crippen molar-refractivity contribution >= 4 is 11.9 Å². The molecule has 0 N–H and O–H groups in total. The Hall–Kier alpha value is -2.66. The maximum absolute atomic E-state index is 12.6. The van der Waals surface area contributed by atoms with E-state index in [1.165, 1.54) is 77.0 Å². The van der Waals surface area contributed by atoms with Crippen LogP contribution in [0.4, 0.5) is 0 Å². The summed E-state index contributed by atoms with van der Waals surface area (Å²) in [4.78, 5) is 25.0. The van der Waals surface area contributed by atoms with Gasteiger partial charge in [0.05, 0.1) is 13.0 Å². The predicted octanol–water partition coefficient (Wildman–Crippen LogP) is 13.2. The smallest absolute Gasteiger partial charge is 0.309 e. The molecule has 0 aliphatic heterocycles. The lowest BCUT2D eigenvalue weighted by Gasteiger charge is -2.18. The quantitative estimate of drug-likeness (QED) is 0.0371. The van der Waals surface area contributed by atoms with Crippen molar-refractivity contribution in [3.63, 3.8) is 0 Å². The van der Waals surface area contributed by atoms with Gasteiger partial charge in [-0.25, -0.2) is 0 Å². The summed E-state index contributed by atoms with van der Waals surface area (Å²) in [6.45, 7) is 7.50. The molecular weight excluding hydrogens is 620 g/mol. The molecule has 0 aliphatic rings. The molecule has 0 aromatic heterocycles. The molecule has 1 unspecified atom stereocenters. The van der Waals surface area contributed by atoms with Crippen molar-refractivity contribution in [3.8, 4) is 0 Å². The van der Waals surface area contributed by atoms with Gasteiger partial charge in [-0.3, -0.25) is 9.59 Å². The largest absolute Gasteiger partial charge is 0.461 e. The minimum atomic E-state index is -0.574. The van der Waals surface area contributed by atoms with Crippen molar-refractivity contribution in [1.82, 2.24) is 0 Å². The molecule has 0 rings (SSSR count). The molecule has 0 amide bonds. The average molecular weight is 697 g/mol. The Kier molecular flexibility index (Phi) is 38.6. The van der Waals surface area contributed by atoms with Crippen molar-refractivity contribution in [2.24, 2.45) is 0 Å². The standard InChI is InChI=1S/C45H76O5/c1-4-7-10-13-16-18-20-22-23-24-25-27-30-32-35-38-44(46)49-42-43(50-45(47)39-36-33-29-15-12-9-6-3)41-48-40-37-34-31-28-26-21-19-17-14-11-8-5-2/h7,10,14,16-18,22-23,25,27,32,35,43H,4-6,8-9,11-13,15,19-21,24,26,28-31,33-34,36-42H2,1-3H3/b10-7-,17-14-,18-16-,23-22-,27-25-,35-32-. The van der Waals surface area contributed by atoms with Crippen molar-refractivity contribution in [2.45, 2.75) is 181 Å². The van der Waals surface area contributed by atoms with E-state index < -0.39 is 6.10 Å². The molecule has 5 nitrogen and oxygen atoms in total. The molecule has 0 aliphatic carbocycles. The molecule has 1 atom stereocenters. The monoisotopic (exact) mass is 697 g/mol. The molecule has 0 aromatic rings. The Balaban J connectivity index is 4.34. The SMILES string of the molecule is CC/C=C\C/C=C\C/C=C\C/C=C\C/C=C\CC(=O)OCC(COCCCCCCCC/C=C\CCCC)OC(=O)CCCCCCCCC. The third kappa shape index (κ3) is 38.1. The summed E-state index contributed by atoms with van der Waals surface area (Å²) in [6.07, 6.45) is 50.7. The van der Waals surface area contributed by atoms with E-state index in [4.69, 9.17) is 14.2 Å². The van der Waals surface area contributed by atoms with Gasteiger partial charge in [0.2, 0.25) is 0 Å². The lowest BCUT2D eigenvalue weighted by molar-refractivity contribution is -0.162. The van der Waals surface area contributed by atoms with Gasteiger partial charge in [0.1, 0.15) is 6.61 Å². The average Bonchev–Trinajstić information content (AvgIpc) is 3.11. The topological polar surface area (TPSA) is 61.8 Å². The van der Waals surface area contributed by atoms with Crippen molar-refractivity contribution in [2.75, 3.05) is 19.8 Å². The van der Waals surface area contributed by atoms with Crippen LogP contribution in [0.1, 0.15) is 175 Å². The molecule has 0 saturated carbocycles. The molecule has 0 spiro atoms. The van der Waals surface area contributed by atoms with E-state index >= 15 is 0 Å². The van der Waals surface area contributed by atoms with Crippen LogP contribution in [0, 0.1) is 0 Å². The van der Waals surface area contributed by atoms with Gasteiger partial charge in [0.15, 0.2) is 6.10 Å². The van der Waals surface area contributed by atoms with Gasteiger partial charge in [0, 0.05) is 13.0 Å². The Bertz CT molecular complexity index is 926. The second kappa shape index (κ2) is 40.8. The number of carbonyl (C=O) groups is 2. The minimum Gasteiger partial charge on any atom is -0.461 e. The predicted molar refractivity (Wildman–Crippen MR) is 214 cm³/mol. The van der Waals surface area contributed by atoms with Crippen LogP contribution in [0.5, 0.6) is 0 Å². The van der Waals surface area contributed by atoms with Crippen LogP contribution in [0.3, 0.4) is 0 Å². The molecule has 0 radical (unpaired) electrons. The molecule has 286 valence electrons. The second-order valence-electron chi connectivity index (χ2n) is 13.2. The van der Waals surface area contributed by atoms with E-state index in [-0.39, 0.29) is 31.6 Å². The highest BCUT2D eigenvalue weighted by molar-refractivity contribution is 5.71. The van der Waals surface area contributed by atoms with E-state index in [1.54, 1.807) is 0 Å². The number of hydrogen-bond acceptors (Lipinski definition) is 5. The Morgan fingerprint density at radius 2 is 0.980 bits per heavy atom. The molecule has 50 heavy (non-hydrogen) atoms. The minimum absolute atomic E-state index is 0.0270. The lowest BCUT2D eigenvalue weighted by Crippen LogP contribution is -2.30. The summed E-state index contributed by atoms with van der Waals surface area (Å²) in [5, 5.41) is 0. The summed E-state index contributed by atoms with van der Waals surface area (Å²) < 4.78 is 17.1. The number of carbonyl (C=O) groups excluding carboxylic acids is 2. The summed E-state index contributed by atoms with van der Waals surface area (Å²) in [6, 6.07) is 0. The third-order valence-electron chi connectivity index (χ3n) is 8.26. The molecular formula is C45H76O5. The second-order valence-corrected chi connectivity index (χ2v) is 13.2. The number of allylic oxidation sites excluding steroid dienone is 11. The van der Waals surface area contributed by atoms with Gasteiger partial charge in [-0.15, -0.1) is 0 Å². The Labute approximate surface area is 308 Å². The number of ether oxygens (including phenoxy) is 3. The van der Waals surface area contributed by atoms with Gasteiger partial charge in [-0.1, -0.05) is 171 Å². The fourth-order valence-corrected chi connectivity index (χ4v) is 5.21. The van der Waals surface area contributed by atoms with Crippen LogP contribution in [0.15, 0.2) is 72.9 Å². The molecule has 5 heteroatoms. The zero-order valence-corrected chi connectivity index (χ0v) is 32.6. The van der Waals surface area contributed by atoms with Crippen LogP contribution in [-0.2, 0) is 23.8 Å². The number of unbranched alkanes of at least 4 members (excludes halogenated alkanes) is 14. The number of esters is 2. The van der Waals surface area contributed by atoms with Crippen LogP contribution in [-0.4, -0.2) is 37.9 Å². The van der Waals surface area contributed by atoms with Crippen molar-refractivity contribution in [3.05, 3.63) is 72.9 Å². The van der Waals surface area contributed by atoms with E-state index in [0.717, 1.165) is 64.2 Å². The van der Waals surface area contributed by atoms with Crippen molar-refractivity contribution in [1.29, 1.82) is 0 Å². The molecule has 0 aromatic carbocycles. The lowest BCUT2D eigenvalue weighted by atomic mass is 10.1. The van der Waals surface area contributed by atoms with Gasteiger partial charge < -0.3 is 14.2 Å². The van der Waals surface area contributed by atoms with Crippen molar-refractivity contribution < 1.29 is 23.8 Å². The number of hydrogen-bond donors (Lipinski definition) is 0. The number of rotatable bonds is 36. The van der Waals surface area contributed by atoms with E-state index in [2.05, 4.69) is 81.5 Å². The summed E-state index contributed by atoms with van der Waals surface area (Å²) in [7, 11) is 0. The summed E-state index contributed by atoms with van der Waals surface area (Å²) in [5.74, 6) is -0.558. The van der Waals surface area contributed by atoms with Crippen LogP contribution < -0.4 is 0 Å². The third-order valence-corrected chi connectivity index (χ3v) is 8.26. The molecule has 0 heterocycles. The normalized spacial score (nSPS) is 12.9. The van der Waals surface area contributed by atoms with Gasteiger partial charge >= 0.3 is 11.9 Å². The zero-order valence-electron chi connectivity index (χ0n) is 32.6. The fraction of sp³-hybridized carbons (Fsp3) is 0.689. The molecule has 0 fully saturated rings. The highest BCUT2D eigenvalue weighted by Crippen LogP contribution is 2.11. The first-order valence-corrected chi connectivity index (χ1v) is 20.5. The first-order chi connectivity index (χ1) is 24.6. The van der Waals surface area contributed by atoms with Crippen LogP contribution >= 0.6 is 0 Å². The zero-order chi connectivity index (χ0) is 36.4. The van der Waals surface area contributed by atoms with Crippen LogP contribution in [0.25, 0.3) is 0 Å².